The molecule has 1 aliphatic rings. The predicted octanol–water partition coefficient (Wildman–Crippen LogP) is -0.0837. The van der Waals surface area contributed by atoms with E-state index in [0.717, 1.165) is 11.7 Å². The van der Waals surface area contributed by atoms with Gasteiger partial charge in [0.05, 0.1) is 20.3 Å². The summed E-state index contributed by atoms with van der Waals surface area (Å²) in [7, 11) is 1.36. The van der Waals surface area contributed by atoms with Crippen molar-refractivity contribution >= 4 is 22.6 Å². The third-order valence-electron chi connectivity index (χ3n) is 2.15. The number of aromatic nitrogens is 2. The van der Waals surface area contributed by atoms with Gasteiger partial charge in [-0.3, -0.25) is 0 Å². The van der Waals surface area contributed by atoms with Crippen molar-refractivity contribution in [1.82, 2.24) is 9.36 Å². The van der Waals surface area contributed by atoms with Crippen molar-refractivity contribution in [3.05, 3.63) is 6.33 Å². The Kier molecular flexibility index (Phi) is 3.12. The minimum absolute atomic E-state index is 0.343. The van der Waals surface area contributed by atoms with Gasteiger partial charge in [-0.2, -0.15) is 4.37 Å². The number of ether oxygens (including phenoxy) is 2. The molecule has 0 bridgehead atoms. The summed E-state index contributed by atoms with van der Waals surface area (Å²) in [4.78, 5) is 17.3. The van der Waals surface area contributed by atoms with E-state index >= 15 is 0 Å². The standard InChI is InChI=1S/C8H11N3O3S/c1-13-7(12)6-4-11(2-3-14-6)8-9-5-10-15-8/h5-6H,2-4H2,1H3. The summed E-state index contributed by atoms with van der Waals surface area (Å²) in [5.41, 5.74) is 0. The SMILES string of the molecule is COC(=O)C1CN(c2ncns2)CCO1. The molecule has 0 aliphatic carbocycles. The van der Waals surface area contributed by atoms with E-state index in [1.807, 2.05) is 4.90 Å². The first-order valence-corrected chi connectivity index (χ1v) is 5.29. The van der Waals surface area contributed by atoms with Crippen LogP contribution in [-0.2, 0) is 14.3 Å². The lowest BCUT2D eigenvalue weighted by atomic mass is 10.3. The quantitative estimate of drug-likeness (QED) is 0.661. The van der Waals surface area contributed by atoms with Crippen LogP contribution in [-0.4, -0.2) is 48.2 Å². The molecule has 1 aromatic rings. The molecular weight excluding hydrogens is 218 g/mol. The van der Waals surface area contributed by atoms with Gasteiger partial charge in [-0.15, -0.1) is 0 Å². The first kappa shape index (κ1) is 10.3. The van der Waals surface area contributed by atoms with Gasteiger partial charge < -0.3 is 14.4 Å². The van der Waals surface area contributed by atoms with E-state index in [1.54, 1.807) is 0 Å². The van der Waals surface area contributed by atoms with Gasteiger partial charge in [-0.05, 0) is 0 Å². The summed E-state index contributed by atoms with van der Waals surface area (Å²) >= 11 is 1.31. The predicted molar refractivity (Wildman–Crippen MR) is 53.9 cm³/mol. The first-order valence-electron chi connectivity index (χ1n) is 4.52. The summed E-state index contributed by atoms with van der Waals surface area (Å²) in [6, 6.07) is 0. The van der Waals surface area contributed by atoms with Crippen molar-refractivity contribution in [3.63, 3.8) is 0 Å². The summed E-state index contributed by atoms with van der Waals surface area (Å²) in [6.45, 7) is 1.70. The van der Waals surface area contributed by atoms with Crippen LogP contribution in [0, 0.1) is 0 Å². The molecule has 82 valence electrons. The van der Waals surface area contributed by atoms with Crippen LogP contribution in [0.5, 0.6) is 0 Å². The van der Waals surface area contributed by atoms with Gasteiger partial charge in [0.2, 0.25) is 5.13 Å². The fourth-order valence-electron chi connectivity index (χ4n) is 1.40. The molecule has 0 N–H and O–H groups in total. The maximum Gasteiger partial charge on any atom is 0.336 e. The lowest BCUT2D eigenvalue weighted by Gasteiger charge is -2.30. The van der Waals surface area contributed by atoms with Crippen LogP contribution >= 0.6 is 11.5 Å². The zero-order valence-electron chi connectivity index (χ0n) is 8.25. The minimum Gasteiger partial charge on any atom is -0.467 e. The zero-order chi connectivity index (χ0) is 10.7. The number of carbonyl (C=O) groups is 1. The zero-order valence-corrected chi connectivity index (χ0v) is 9.07. The Labute approximate surface area is 91.0 Å². The molecule has 0 saturated carbocycles. The molecule has 2 rings (SSSR count). The van der Waals surface area contributed by atoms with Crippen LogP contribution in [0.1, 0.15) is 0 Å². The number of esters is 1. The number of methoxy groups -OCH3 is 1. The van der Waals surface area contributed by atoms with Crippen molar-refractivity contribution in [1.29, 1.82) is 0 Å². The van der Waals surface area contributed by atoms with Gasteiger partial charge in [-0.1, -0.05) is 0 Å². The monoisotopic (exact) mass is 229 g/mol. The van der Waals surface area contributed by atoms with E-state index in [0.29, 0.717) is 13.2 Å². The minimum atomic E-state index is -0.521. The Morgan fingerprint density at radius 3 is 3.33 bits per heavy atom. The van der Waals surface area contributed by atoms with E-state index in [9.17, 15) is 4.79 Å². The Morgan fingerprint density at radius 1 is 1.80 bits per heavy atom. The van der Waals surface area contributed by atoms with Crippen LogP contribution < -0.4 is 4.90 Å². The van der Waals surface area contributed by atoms with Gasteiger partial charge in [0.25, 0.3) is 0 Å². The van der Waals surface area contributed by atoms with Crippen LogP contribution in [0.2, 0.25) is 0 Å². The Hall–Kier alpha value is -1.21. The number of carbonyl (C=O) groups excluding carboxylic acids is 1. The molecule has 1 unspecified atom stereocenters. The molecule has 15 heavy (non-hydrogen) atoms. The van der Waals surface area contributed by atoms with Crippen molar-refractivity contribution in [3.8, 4) is 0 Å². The molecule has 1 atom stereocenters. The van der Waals surface area contributed by atoms with Crippen molar-refractivity contribution < 1.29 is 14.3 Å². The van der Waals surface area contributed by atoms with Gasteiger partial charge in [0.1, 0.15) is 6.33 Å². The van der Waals surface area contributed by atoms with E-state index < -0.39 is 6.10 Å². The molecule has 0 amide bonds. The summed E-state index contributed by atoms with van der Waals surface area (Å²) in [5.74, 6) is -0.343. The number of hydrogen-bond donors (Lipinski definition) is 0. The maximum absolute atomic E-state index is 11.3. The largest absolute Gasteiger partial charge is 0.467 e. The van der Waals surface area contributed by atoms with Crippen LogP contribution in [0.4, 0.5) is 5.13 Å². The summed E-state index contributed by atoms with van der Waals surface area (Å²) < 4.78 is 13.9. The molecule has 1 aromatic heterocycles. The molecule has 6 nitrogen and oxygen atoms in total. The number of morpholine rings is 1. The topological polar surface area (TPSA) is 64.5 Å². The van der Waals surface area contributed by atoms with E-state index in [2.05, 4.69) is 14.1 Å². The lowest BCUT2D eigenvalue weighted by molar-refractivity contribution is -0.154. The second kappa shape index (κ2) is 4.54. The summed E-state index contributed by atoms with van der Waals surface area (Å²) in [5, 5.41) is 0.812. The van der Waals surface area contributed by atoms with E-state index in [-0.39, 0.29) is 5.97 Å². The van der Waals surface area contributed by atoms with Crippen LogP contribution in [0.25, 0.3) is 0 Å². The normalized spacial score (nSPS) is 21.4. The number of nitrogens with zero attached hydrogens (tertiary/aromatic N) is 3. The van der Waals surface area contributed by atoms with Crippen molar-refractivity contribution in [2.45, 2.75) is 6.10 Å². The Bertz CT molecular complexity index is 330. The molecule has 0 aromatic carbocycles. The highest BCUT2D eigenvalue weighted by Gasteiger charge is 2.28. The molecule has 1 aliphatic heterocycles. The number of rotatable bonds is 2. The molecule has 0 radical (unpaired) electrons. The molecule has 2 heterocycles. The van der Waals surface area contributed by atoms with Gasteiger partial charge in [0, 0.05) is 18.1 Å². The lowest BCUT2D eigenvalue weighted by Crippen LogP contribution is -2.46. The highest BCUT2D eigenvalue weighted by molar-refractivity contribution is 7.09. The Morgan fingerprint density at radius 2 is 2.67 bits per heavy atom. The second-order valence-corrected chi connectivity index (χ2v) is 3.81. The average molecular weight is 229 g/mol. The maximum atomic E-state index is 11.3. The van der Waals surface area contributed by atoms with Gasteiger partial charge in [0.15, 0.2) is 6.10 Å². The van der Waals surface area contributed by atoms with Crippen LogP contribution in [0.3, 0.4) is 0 Å². The average Bonchev–Trinajstić information content (AvgIpc) is 2.82. The van der Waals surface area contributed by atoms with Gasteiger partial charge >= 0.3 is 5.97 Å². The van der Waals surface area contributed by atoms with E-state index in [4.69, 9.17) is 4.74 Å². The Balaban J connectivity index is 2.01. The fourth-order valence-corrected chi connectivity index (χ4v) is 1.97. The summed E-state index contributed by atoms with van der Waals surface area (Å²) in [6.07, 6.45) is 0.982. The molecule has 7 heteroatoms. The van der Waals surface area contributed by atoms with Gasteiger partial charge in [-0.25, -0.2) is 9.78 Å². The van der Waals surface area contributed by atoms with Crippen molar-refractivity contribution in [2.75, 3.05) is 31.7 Å². The molecule has 0 spiro atoms. The van der Waals surface area contributed by atoms with E-state index in [1.165, 1.54) is 25.0 Å². The highest BCUT2D eigenvalue weighted by Crippen LogP contribution is 2.18. The molecule has 1 saturated heterocycles. The third kappa shape index (κ3) is 2.24. The smallest absolute Gasteiger partial charge is 0.336 e. The fraction of sp³-hybridized carbons (Fsp3) is 0.625. The first-order chi connectivity index (χ1) is 7.31. The highest BCUT2D eigenvalue weighted by atomic mass is 32.1. The molecular formula is C8H11N3O3S. The number of anilines is 1. The third-order valence-corrected chi connectivity index (χ3v) is 2.88. The number of hydrogen-bond acceptors (Lipinski definition) is 7. The van der Waals surface area contributed by atoms with Crippen molar-refractivity contribution in [2.24, 2.45) is 0 Å². The second-order valence-electron chi connectivity index (χ2n) is 3.05. The van der Waals surface area contributed by atoms with Crippen LogP contribution in [0.15, 0.2) is 6.33 Å². The molecule has 1 fully saturated rings.